The molecule has 8 atom stereocenters. The lowest BCUT2D eigenvalue weighted by atomic mass is 9.40. The predicted molar refractivity (Wildman–Crippen MR) is 107 cm³/mol. The molecule has 0 bridgehead atoms. The van der Waals surface area contributed by atoms with Gasteiger partial charge in [0, 0.05) is 11.6 Å². The van der Waals surface area contributed by atoms with Crippen molar-refractivity contribution in [1.82, 2.24) is 0 Å². The highest BCUT2D eigenvalue weighted by molar-refractivity contribution is 6.21. The van der Waals surface area contributed by atoms with Gasteiger partial charge in [0.25, 0.3) is 0 Å². The van der Waals surface area contributed by atoms with E-state index in [1.807, 2.05) is 0 Å². The number of rotatable bonds is 2. The quantitative estimate of drug-likeness (QED) is 0.452. The first-order valence-corrected chi connectivity index (χ1v) is 11.0. The van der Waals surface area contributed by atoms with E-state index < -0.39 is 0 Å². The van der Waals surface area contributed by atoms with Crippen LogP contribution in [-0.2, 0) is 0 Å². The molecule has 4 aliphatic rings. The molecule has 8 unspecified atom stereocenters. The minimum absolute atomic E-state index is 0.345. The van der Waals surface area contributed by atoms with E-state index in [0.717, 1.165) is 29.4 Å². The molecule has 0 saturated heterocycles. The van der Waals surface area contributed by atoms with Gasteiger partial charge in [0.05, 0.1) is 7.85 Å². The van der Waals surface area contributed by atoms with Crippen LogP contribution in [0.15, 0.2) is 0 Å². The molecule has 4 fully saturated rings. The van der Waals surface area contributed by atoms with Crippen molar-refractivity contribution in [3.8, 4) is 0 Å². The largest absolute Gasteiger partial charge is 0.310 e. The highest BCUT2D eigenvalue weighted by Crippen LogP contribution is 2.71. The van der Waals surface area contributed by atoms with Crippen LogP contribution in [-0.4, -0.2) is 13.6 Å². The Hall–Kier alpha value is -0.265. The molecule has 0 aromatic heterocycles. The van der Waals surface area contributed by atoms with Gasteiger partial charge < -0.3 is 5.41 Å². The van der Waals surface area contributed by atoms with E-state index in [9.17, 15) is 0 Å². The zero-order valence-electron chi connectivity index (χ0n) is 17.0. The van der Waals surface area contributed by atoms with Gasteiger partial charge in [-0.05, 0) is 91.3 Å². The second kappa shape index (κ2) is 5.87. The van der Waals surface area contributed by atoms with Gasteiger partial charge in [0.2, 0.25) is 0 Å². The third kappa shape index (κ3) is 2.44. The van der Waals surface area contributed by atoms with Crippen LogP contribution in [0.1, 0.15) is 85.5 Å². The summed E-state index contributed by atoms with van der Waals surface area (Å²) in [4.78, 5) is 0. The Morgan fingerprint density at radius 2 is 1.68 bits per heavy atom. The molecule has 25 heavy (non-hydrogen) atoms. The molecule has 2 radical (unpaired) electrons. The van der Waals surface area contributed by atoms with E-state index in [-0.39, 0.29) is 0 Å². The Balaban J connectivity index is 1.65. The van der Waals surface area contributed by atoms with Crippen molar-refractivity contribution in [3.05, 3.63) is 0 Å². The van der Waals surface area contributed by atoms with E-state index in [1.54, 1.807) is 0 Å². The molecule has 0 spiro atoms. The second-order valence-corrected chi connectivity index (χ2v) is 11.2. The summed E-state index contributed by atoms with van der Waals surface area (Å²) in [7, 11) is 5.89. The van der Waals surface area contributed by atoms with Crippen LogP contribution in [0.3, 0.4) is 0 Å². The van der Waals surface area contributed by atoms with E-state index in [2.05, 4.69) is 27.7 Å². The zero-order valence-corrected chi connectivity index (χ0v) is 17.0. The minimum Gasteiger partial charge on any atom is -0.310 e. The molecule has 0 amide bonds. The molecule has 1 nitrogen and oxygen atoms in total. The summed E-state index contributed by atoms with van der Waals surface area (Å²) in [5.74, 6) is 4.10. The van der Waals surface area contributed by atoms with Crippen LogP contribution in [0.2, 0.25) is 6.32 Å². The van der Waals surface area contributed by atoms with E-state index in [4.69, 9.17) is 13.3 Å². The molecular weight excluding hydrogens is 301 g/mol. The fourth-order valence-corrected chi connectivity index (χ4v) is 8.85. The van der Waals surface area contributed by atoms with Crippen LogP contribution in [0, 0.1) is 51.2 Å². The first-order valence-electron chi connectivity index (χ1n) is 11.0. The zero-order chi connectivity index (χ0) is 18.0. The van der Waals surface area contributed by atoms with Crippen molar-refractivity contribution in [2.75, 3.05) is 0 Å². The van der Waals surface area contributed by atoms with Gasteiger partial charge in [-0.25, -0.2) is 0 Å². The van der Waals surface area contributed by atoms with Crippen molar-refractivity contribution >= 4 is 13.6 Å². The number of hydrogen-bond donors (Lipinski definition) is 1. The molecule has 0 aromatic carbocycles. The molecule has 1 N–H and O–H groups in total. The van der Waals surface area contributed by atoms with Crippen molar-refractivity contribution in [2.24, 2.45) is 45.8 Å². The first-order chi connectivity index (χ1) is 11.7. The van der Waals surface area contributed by atoms with Gasteiger partial charge in [-0.2, -0.15) is 0 Å². The van der Waals surface area contributed by atoms with Gasteiger partial charge in [-0.3, -0.25) is 0 Å². The number of fused-ring (bicyclic) bond motifs is 5. The highest BCUT2D eigenvalue weighted by atomic mass is 14.7. The Bertz CT molecular complexity index is 558. The normalized spacial score (nSPS) is 55.1. The third-order valence-corrected chi connectivity index (χ3v) is 10.0. The van der Waals surface area contributed by atoms with Gasteiger partial charge in [-0.1, -0.05) is 40.4 Å². The highest BCUT2D eigenvalue weighted by Gasteiger charge is 2.64. The average molecular weight is 339 g/mol. The van der Waals surface area contributed by atoms with Crippen molar-refractivity contribution < 1.29 is 0 Å². The van der Waals surface area contributed by atoms with E-state index in [0.29, 0.717) is 28.5 Å². The van der Waals surface area contributed by atoms with Crippen LogP contribution in [0.25, 0.3) is 0 Å². The molecule has 0 heterocycles. The third-order valence-electron chi connectivity index (χ3n) is 10.0. The summed E-state index contributed by atoms with van der Waals surface area (Å²) in [5.41, 5.74) is 2.30. The average Bonchev–Trinajstić information content (AvgIpc) is 2.92. The topological polar surface area (TPSA) is 23.9 Å². The van der Waals surface area contributed by atoms with Crippen molar-refractivity contribution in [3.63, 3.8) is 0 Å². The van der Waals surface area contributed by atoms with Crippen molar-refractivity contribution in [1.29, 1.82) is 5.41 Å². The summed E-state index contributed by atoms with van der Waals surface area (Å²) >= 11 is 0. The SMILES string of the molecule is [B]CC(=N)C1CCC2C1(C)CCC1C3CCC(C)CC3(C)CCC12C. The molecule has 4 rings (SSSR count). The summed E-state index contributed by atoms with van der Waals surface area (Å²) in [6.45, 7) is 10.3. The fourth-order valence-electron chi connectivity index (χ4n) is 8.85. The van der Waals surface area contributed by atoms with Crippen LogP contribution in [0.4, 0.5) is 0 Å². The van der Waals surface area contributed by atoms with Crippen molar-refractivity contribution in [2.45, 2.75) is 91.8 Å². The van der Waals surface area contributed by atoms with Crippen LogP contribution < -0.4 is 0 Å². The number of hydrogen-bond acceptors (Lipinski definition) is 1. The first kappa shape index (κ1) is 18.1. The lowest BCUT2D eigenvalue weighted by Gasteiger charge is -2.64. The Morgan fingerprint density at radius 1 is 0.920 bits per heavy atom. The molecule has 0 aromatic rings. The van der Waals surface area contributed by atoms with Crippen LogP contribution in [0.5, 0.6) is 0 Å². The second-order valence-electron chi connectivity index (χ2n) is 11.2. The smallest absolute Gasteiger partial charge is 0.0733 e. The fraction of sp³-hybridized carbons (Fsp3) is 0.957. The molecule has 4 aliphatic carbocycles. The summed E-state index contributed by atoms with van der Waals surface area (Å²) in [5, 5.41) is 8.45. The van der Waals surface area contributed by atoms with Gasteiger partial charge >= 0.3 is 0 Å². The predicted octanol–water partition coefficient (Wildman–Crippen LogP) is 6.28. The summed E-state index contributed by atoms with van der Waals surface area (Å²) < 4.78 is 0. The Labute approximate surface area is 157 Å². The van der Waals surface area contributed by atoms with E-state index >= 15 is 0 Å². The molecular formula is C23H38BN. The maximum Gasteiger partial charge on any atom is 0.0733 e. The Morgan fingerprint density at radius 3 is 2.40 bits per heavy atom. The monoisotopic (exact) mass is 339 g/mol. The molecule has 2 heteroatoms. The lowest BCUT2D eigenvalue weighted by molar-refractivity contribution is -0.151. The molecule has 0 aliphatic heterocycles. The number of nitrogens with one attached hydrogen (secondary N) is 1. The van der Waals surface area contributed by atoms with Gasteiger partial charge in [-0.15, -0.1) is 0 Å². The summed E-state index contributed by atoms with van der Waals surface area (Å²) in [6, 6.07) is 0. The summed E-state index contributed by atoms with van der Waals surface area (Å²) in [6.07, 6.45) is 13.0. The lowest BCUT2D eigenvalue weighted by Crippen LogP contribution is -2.57. The molecule has 4 saturated carbocycles. The standard InChI is InChI=1S/C23H38BN/c1-15-5-6-16-17-9-10-22(3)18(19(25)14-24)7-8-20(22)23(17,4)12-11-21(16,2)13-15/h15-18,20,25H,5-14H2,1-4H3. The maximum atomic E-state index is 8.45. The van der Waals surface area contributed by atoms with Crippen LogP contribution >= 0.6 is 0 Å². The van der Waals surface area contributed by atoms with Gasteiger partial charge in [0.1, 0.15) is 0 Å². The minimum atomic E-state index is 0.345. The maximum absolute atomic E-state index is 8.45. The molecule has 138 valence electrons. The Kier molecular flexibility index (Phi) is 4.25. The van der Waals surface area contributed by atoms with E-state index in [1.165, 1.54) is 57.8 Å². The van der Waals surface area contributed by atoms with Gasteiger partial charge in [0.15, 0.2) is 0 Å².